The van der Waals surface area contributed by atoms with Crippen LogP contribution in [-0.4, -0.2) is 64.8 Å². The van der Waals surface area contributed by atoms with Crippen molar-refractivity contribution < 1.29 is 18.9 Å². The van der Waals surface area contributed by atoms with Gasteiger partial charge in [0.1, 0.15) is 29.7 Å². The summed E-state index contributed by atoms with van der Waals surface area (Å²) < 4.78 is 24.8. The number of aromatic nitrogens is 4. The van der Waals surface area contributed by atoms with E-state index in [1.807, 2.05) is 0 Å². The second-order valence-corrected chi connectivity index (χ2v) is 5.52. The lowest BCUT2D eigenvalue weighted by molar-refractivity contribution is -0.189. The second kappa shape index (κ2) is 4.85. The van der Waals surface area contributed by atoms with Crippen LogP contribution in [-0.2, 0) is 18.9 Å². The number of anilines is 1. The van der Waals surface area contributed by atoms with Gasteiger partial charge in [-0.1, -0.05) is 0 Å². The summed E-state index contributed by atoms with van der Waals surface area (Å²) >= 11 is 0. The van der Waals surface area contributed by atoms with Crippen LogP contribution in [0.4, 0.5) is 5.82 Å². The summed E-state index contributed by atoms with van der Waals surface area (Å²) in [4.78, 5) is 12.5. The smallest absolute Gasteiger partial charge is 0.167 e. The molecule has 22 heavy (non-hydrogen) atoms. The predicted molar refractivity (Wildman–Crippen MR) is 75.0 cm³/mol. The number of rotatable bonds is 4. The lowest BCUT2D eigenvalue weighted by atomic mass is 10.0. The van der Waals surface area contributed by atoms with E-state index in [1.165, 1.54) is 6.33 Å². The normalized spacial score (nSPS) is 33.8. The molecule has 4 heterocycles. The van der Waals surface area contributed by atoms with Crippen molar-refractivity contribution in [3.63, 3.8) is 0 Å². The number of hydrogen-bond donors (Lipinski definition) is 1. The zero-order valence-corrected chi connectivity index (χ0v) is 12.3. The number of methoxy groups -OCH3 is 2. The van der Waals surface area contributed by atoms with Gasteiger partial charge in [0.2, 0.25) is 0 Å². The van der Waals surface area contributed by atoms with Crippen LogP contribution < -0.4 is 5.73 Å². The maximum atomic E-state index is 6.23. The minimum Gasteiger partial charge on any atom is -0.382 e. The molecule has 2 aliphatic rings. The minimum atomic E-state index is -0.617. The van der Waals surface area contributed by atoms with Gasteiger partial charge in [0.25, 0.3) is 0 Å². The monoisotopic (exact) mass is 307 g/mol. The van der Waals surface area contributed by atoms with E-state index in [2.05, 4.69) is 15.0 Å². The Kier molecular flexibility index (Phi) is 3.05. The number of nitrogen functional groups attached to an aromatic ring is 1. The van der Waals surface area contributed by atoms with Crippen LogP contribution in [0.15, 0.2) is 12.7 Å². The molecule has 118 valence electrons. The van der Waals surface area contributed by atoms with Gasteiger partial charge in [0.05, 0.1) is 19.5 Å². The average Bonchev–Trinajstić information content (AvgIpc) is 3.16. The molecule has 0 spiro atoms. The molecule has 2 unspecified atom stereocenters. The number of nitrogens with zero attached hydrogens (tertiary/aromatic N) is 4. The van der Waals surface area contributed by atoms with E-state index >= 15 is 0 Å². The van der Waals surface area contributed by atoms with Crippen molar-refractivity contribution in [3.8, 4) is 0 Å². The highest BCUT2D eigenvalue weighted by Crippen LogP contribution is 2.47. The quantitative estimate of drug-likeness (QED) is 0.823. The van der Waals surface area contributed by atoms with Crippen molar-refractivity contribution in [2.45, 2.75) is 24.0 Å². The summed E-state index contributed by atoms with van der Waals surface area (Å²) in [5.41, 5.74) is 6.36. The number of fused-ring (bicyclic) bond motifs is 3. The van der Waals surface area contributed by atoms with Crippen molar-refractivity contribution in [2.24, 2.45) is 0 Å². The van der Waals surface area contributed by atoms with Gasteiger partial charge in [-0.05, 0) is 0 Å². The Bertz CT molecular complexity index is 707. The van der Waals surface area contributed by atoms with Gasteiger partial charge in [0, 0.05) is 14.2 Å². The third-order valence-corrected chi connectivity index (χ3v) is 4.28. The first-order valence-electron chi connectivity index (χ1n) is 6.94. The topological polar surface area (TPSA) is 107 Å². The van der Waals surface area contributed by atoms with Crippen LogP contribution in [0.2, 0.25) is 0 Å². The molecule has 2 saturated heterocycles. The maximum Gasteiger partial charge on any atom is 0.167 e. The van der Waals surface area contributed by atoms with E-state index in [-0.39, 0.29) is 12.2 Å². The van der Waals surface area contributed by atoms with Gasteiger partial charge in [-0.3, -0.25) is 4.57 Å². The van der Waals surface area contributed by atoms with Crippen LogP contribution in [0, 0.1) is 0 Å². The molecule has 0 aromatic carbocycles. The van der Waals surface area contributed by atoms with Crippen molar-refractivity contribution in [2.75, 3.05) is 33.2 Å². The van der Waals surface area contributed by atoms with Crippen LogP contribution >= 0.6 is 0 Å². The molecule has 2 aromatic rings. The van der Waals surface area contributed by atoms with Gasteiger partial charge in [0.15, 0.2) is 17.7 Å². The van der Waals surface area contributed by atoms with E-state index in [0.29, 0.717) is 30.2 Å². The molecule has 2 bridgehead atoms. The molecule has 0 aliphatic carbocycles. The molecule has 2 aromatic heterocycles. The van der Waals surface area contributed by atoms with Crippen LogP contribution in [0.25, 0.3) is 11.2 Å². The predicted octanol–water partition coefficient (Wildman–Crippen LogP) is -0.264. The first-order chi connectivity index (χ1) is 10.7. The first-order valence-corrected chi connectivity index (χ1v) is 6.94. The molecule has 0 radical (unpaired) electrons. The second-order valence-electron chi connectivity index (χ2n) is 5.52. The number of imidazole rings is 1. The zero-order chi connectivity index (χ0) is 15.3. The van der Waals surface area contributed by atoms with Crippen molar-refractivity contribution in [1.82, 2.24) is 19.5 Å². The minimum absolute atomic E-state index is 0.214. The van der Waals surface area contributed by atoms with Gasteiger partial charge in [-0.15, -0.1) is 0 Å². The first kappa shape index (κ1) is 13.8. The van der Waals surface area contributed by atoms with E-state index in [0.717, 1.165) is 0 Å². The molecule has 4 rings (SSSR count). The van der Waals surface area contributed by atoms with Gasteiger partial charge < -0.3 is 24.7 Å². The summed E-state index contributed by atoms with van der Waals surface area (Å²) in [5, 5.41) is 0. The highest BCUT2D eigenvalue weighted by Gasteiger charge is 2.63. The number of nitrogens with two attached hydrogens (primary N) is 1. The van der Waals surface area contributed by atoms with Crippen LogP contribution in [0.3, 0.4) is 0 Å². The molecule has 9 nitrogen and oxygen atoms in total. The summed E-state index contributed by atoms with van der Waals surface area (Å²) in [6.45, 7) is 0.826. The number of ether oxygens (including phenoxy) is 4. The Hall–Kier alpha value is -1.81. The van der Waals surface area contributed by atoms with E-state index < -0.39 is 11.8 Å². The van der Waals surface area contributed by atoms with Crippen LogP contribution in [0.5, 0.6) is 0 Å². The molecule has 0 saturated carbocycles. The Balaban J connectivity index is 1.76. The fraction of sp³-hybridized carbons (Fsp3) is 0.615. The highest BCUT2D eigenvalue weighted by molar-refractivity contribution is 5.81. The summed E-state index contributed by atoms with van der Waals surface area (Å²) in [6, 6.07) is 0. The van der Waals surface area contributed by atoms with Crippen molar-refractivity contribution in [1.29, 1.82) is 0 Å². The van der Waals surface area contributed by atoms with Gasteiger partial charge in [-0.2, -0.15) is 0 Å². The van der Waals surface area contributed by atoms with Gasteiger partial charge in [-0.25, -0.2) is 15.0 Å². The Morgan fingerprint density at radius 1 is 1.41 bits per heavy atom. The summed E-state index contributed by atoms with van der Waals surface area (Å²) in [5.74, 6) is 0.336. The van der Waals surface area contributed by atoms with Gasteiger partial charge >= 0.3 is 0 Å². The molecule has 2 aliphatic heterocycles. The Morgan fingerprint density at radius 3 is 3.05 bits per heavy atom. The molecule has 4 atom stereocenters. The molecule has 0 amide bonds. The van der Waals surface area contributed by atoms with Crippen molar-refractivity contribution in [3.05, 3.63) is 12.7 Å². The SMILES string of the molecule is COC[C@@]12COC(C1OC)[C@H](n1cnc3c(N)ncnc31)O2. The Labute approximate surface area is 126 Å². The Morgan fingerprint density at radius 2 is 2.27 bits per heavy atom. The molecule has 2 fully saturated rings. The standard InChI is InChI=1S/C13H17N5O4/c1-19-3-13-4-21-8(9(13)20-2)12(22-13)18-6-17-7-10(14)15-5-16-11(7)18/h5-6,8-9,12H,3-4H2,1-2H3,(H2,14,15,16)/t8?,9?,12-,13-/m1/s1. The average molecular weight is 307 g/mol. The molecular formula is C13H17N5O4. The lowest BCUT2D eigenvalue weighted by Gasteiger charge is -2.30. The fourth-order valence-corrected chi connectivity index (χ4v) is 3.37. The van der Waals surface area contributed by atoms with Crippen LogP contribution in [0.1, 0.15) is 6.23 Å². The zero-order valence-electron chi connectivity index (χ0n) is 12.3. The number of hydrogen-bond acceptors (Lipinski definition) is 8. The molecular weight excluding hydrogens is 290 g/mol. The lowest BCUT2D eigenvalue weighted by Crippen LogP contribution is -2.45. The van der Waals surface area contributed by atoms with E-state index in [9.17, 15) is 0 Å². The van der Waals surface area contributed by atoms with E-state index in [4.69, 9.17) is 24.7 Å². The maximum absolute atomic E-state index is 6.23. The summed E-state index contributed by atoms with van der Waals surface area (Å²) in [6.07, 6.45) is 2.18. The molecule has 9 heteroatoms. The third kappa shape index (κ3) is 1.70. The van der Waals surface area contributed by atoms with Crippen molar-refractivity contribution >= 4 is 17.0 Å². The van der Waals surface area contributed by atoms with E-state index in [1.54, 1.807) is 25.1 Å². The summed E-state index contributed by atoms with van der Waals surface area (Å²) in [7, 11) is 3.28. The fourth-order valence-electron chi connectivity index (χ4n) is 3.37. The largest absolute Gasteiger partial charge is 0.382 e. The highest BCUT2D eigenvalue weighted by atomic mass is 16.7. The third-order valence-electron chi connectivity index (χ3n) is 4.28. The molecule has 2 N–H and O–H groups in total.